The highest BCUT2D eigenvalue weighted by molar-refractivity contribution is 6.04. The third-order valence-electron chi connectivity index (χ3n) is 2.42. The lowest BCUT2D eigenvalue weighted by Crippen LogP contribution is -2.13. The van der Waals surface area contributed by atoms with Crippen LogP contribution in [0, 0.1) is 13.8 Å². The average molecular weight is 230 g/mol. The van der Waals surface area contributed by atoms with Crippen LogP contribution in [0.2, 0.25) is 0 Å². The lowest BCUT2D eigenvalue weighted by molar-refractivity contribution is 0.102. The maximum Gasteiger partial charge on any atom is 0.260 e. The summed E-state index contributed by atoms with van der Waals surface area (Å²) in [5, 5.41) is 6.88. The number of anilines is 1. The average Bonchev–Trinajstić information content (AvgIpc) is 2.58. The van der Waals surface area contributed by atoms with Gasteiger partial charge in [-0.05, 0) is 31.5 Å². The van der Waals surface area contributed by atoms with Crippen molar-refractivity contribution in [3.63, 3.8) is 0 Å². The largest absolute Gasteiger partial charge is 0.306 e. The van der Waals surface area contributed by atoms with Crippen LogP contribution in [0.3, 0.4) is 0 Å². The van der Waals surface area contributed by atoms with Gasteiger partial charge in [0.1, 0.15) is 5.82 Å². The molecule has 0 saturated heterocycles. The Labute approximate surface area is 99.5 Å². The number of carbonyl (C=O) groups is 1. The Balaban J connectivity index is 2.20. The highest BCUT2D eigenvalue weighted by Crippen LogP contribution is 2.10. The van der Waals surface area contributed by atoms with Crippen LogP contribution in [0.4, 0.5) is 5.82 Å². The fraction of sp³-hybridized carbons (Fsp3) is 0.250. The molecule has 0 radical (unpaired) electrons. The first-order valence-electron chi connectivity index (χ1n) is 5.30. The van der Waals surface area contributed by atoms with E-state index in [1.165, 1.54) is 0 Å². The predicted molar refractivity (Wildman–Crippen MR) is 64.9 cm³/mol. The van der Waals surface area contributed by atoms with Crippen molar-refractivity contribution < 1.29 is 4.79 Å². The highest BCUT2D eigenvalue weighted by atomic mass is 16.1. The molecule has 0 aliphatic carbocycles. The van der Waals surface area contributed by atoms with E-state index >= 15 is 0 Å². The summed E-state index contributed by atoms with van der Waals surface area (Å²) in [6, 6.07) is 3.70. The molecular weight excluding hydrogens is 216 g/mol. The van der Waals surface area contributed by atoms with Crippen LogP contribution < -0.4 is 5.32 Å². The van der Waals surface area contributed by atoms with Gasteiger partial charge in [0.15, 0.2) is 0 Å². The van der Waals surface area contributed by atoms with Crippen LogP contribution in [0.1, 0.15) is 21.6 Å². The molecule has 5 nitrogen and oxygen atoms in total. The van der Waals surface area contributed by atoms with Gasteiger partial charge in [0, 0.05) is 19.4 Å². The van der Waals surface area contributed by atoms with Gasteiger partial charge in [-0.25, -0.2) is 4.98 Å². The summed E-state index contributed by atoms with van der Waals surface area (Å²) in [5.74, 6) is 0.368. The second-order valence-electron chi connectivity index (χ2n) is 3.97. The van der Waals surface area contributed by atoms with E-state index in [1.807, 2.05) is 19.1 Å². The smallest absolute Gasteiger partial charge is 0.260 e. The molecule has 0 unspecified atom stereocenters. The van der Waals surface area contributed by atoms with Crippen LogP contribution in [0.15, 0.2) is 24.5 Å². The van der Waals surface area contributed by atoms with Crippen LogP contribution in [-0.2, 0) is 7.05 Å². The molecule has 1 N–H and O–H groups in total. The van der Waals surface area contributed by atoms with Gasteiger partial charge in [-0.2, -0.15) is 5.10 Å². The zero-order chi connectivity index (χ0) is 12.4. The number of aromatic nitrogens is 3. The fourth-order valence-corrected chi connectivity index (χ4v) is 1.61. The van der Waals surface area contributed by atoms with Crippen molar-refractivity contribution in [2.45, 2.75) is 13.8 Å². The molecule has 2 aromatic heterocycles. The Morgan fingerprint density at radius 2 is 2.18 bits per heavy atom. The molecule has 0 atom stereocenters. The van der Waals surface area contributed by atoms with Crippen molar-refractivity contribution in [2.24, 2.45) is 7.05 Å². The summed E-state index contributed by atoms with van der Waals surface area (Å²) in [5.41, 5.74) is 2.33. The van der Waals surface area contributed by atoms with E-state index in [1.54, 1.807) is 31.0 Å². The van der Waals surface area contributed by atoms with Gasteiger partial charge in [-0.1, -0.05) is 0 Å². The summed E-state index contributed by atoms with van der Waals surface area (Å²) in [7, 11) is 1.79. The number of hydrogen-bond donors (Lipinski definition) is 1. The number of nitrogens with zero attached hydrogens (tertiary/aromatic N) is 3. The normalized spacial score (nSPS) is 10.3. The number of nitrogens with one attached hydrogen (secondary N) is 1. The van der Waals surface area contributed by atoms with Gasteiger partial charge in [0.25, 0.3) is 5.91 Å². The Morgan fingerprint density at radius 1 is 1.41 bits per heavy atom. The quantitative estimate of drug-likeness (QED) is 0.854. The van der Waals surface area contributed by atoms with E-state index in [0.717, 1.165) is 5.56 Å². The van der Waals surface area contributed by atoms with Crippen molar-refractivity contribution in [3.8, 4) is 0 Å². The van der Waals surface area contributed by atoms with E-state index in [-0.39, 0.29) is 5.91 Å². The number of pyridine rings is 1. The first kappa shape index (κ1) is 11.3. The molecule has 0 aliphatic rings. The third kappa shape index (κ3) is 2.50. The summed E-state index contributed by atoms with van der Waals surface area (Å²) in [6.45, 7) is 3.76. The maximum absolute atomic E-state index is 12.0. The van der Waals surface area contributed by atoms with Gasteiger partial charge >= 0.3 is 0 Å². The van der Waals surface area contributed by atoms with Crippen molar-refractivity contribution in [2.75, 3.05) is 5.32 Å². The summed E-state index contributed by atoms with van der Waals surface area (Å²) < 4.78 is 1.62. The van der Waals surface area contributed by atoms with Crippen molar-refractivity contribution in [1.82, 2.24) is 14.8 Å². The van der Waals surface area contributed by atoms with Gasteiger partial charge in [-0.15, -0.1) is 0 Å². The molecule has 2 heterocycles. The standard InChI is InChI=1S/C12H14N4O/c1-8-4-5-13-11(6-8)14-12(17)10-7-16(3)15-9(10)2/h4-7H,1-3H3,(H,13,14,17). The first-order valence-corrected chi connectivity index (χ1v) is 5.30. The molecule has 1 amide bonds. The second kappa shape index (κ2) is 4.37. The molecule has 2 aromatic rings. The minimum absolute atomic E-state index is 0.186. The molecule has 5 heteroatoms. The highest BCUT2D eigenvalue weighted by Gasteiger charge is 2.12. The Kier molecular flexibility index (Phi) is 2.91. The van der Waals surface area contributed by atoms with Crippen LogP contribution in [0.25, 0.3) is 0 Å². The maximum atomic E-state index is 12.0. The molecule has 0 bridgehead atoms. The molecule has 0 saturated carbocycles. The van der Waals surface area contributed by atoms with Crippen molar-refractivity contribution in [1.29, 1.82) is 0 Å². The van der Waals surface area contributed by atoms with E-state index in [9.17, 15) is 4.79 Å². The number of aryl methyl sites for hydroxylation is 3. The number of hydrogen-bond acceptors (Lipinski definition) is 3. The van der Waals surface area contributed by atoms with E-state index in [2.05, 4.69) is 15.4 Å². The van der Waals surface area contributed by atoms with Gasteiger partial charge in [-0.3, -0.25) is 9.48 Å². The molecule has 88 valence electrons. The second-order valence-corrected chi connectivity index (χ2v) is 3.97. The van der Waals surface area contributed by atoms with E-state index in [0.29, 0.717) is 17.1 Å². The molecule has 2 rings (SSSR count). The zero-order valence-corrected chi connectivity index (χ0v) is 10.1. The number of carbonyl (C=O) groups excluding carboxylic acids is 1. The number of rotatable bonds is 2. The van der Waals surface area contributed by atoms with Gasteiger partial charge in [0.2, 0.25) is 0 Å². The van der Waals surface area contributed by atoms with Crippen molar-refractivity contribution >= 4 is 11.7 Å². The molecule has 0 aromatic carbocycles. The monoisotopic (exact) mass is 230 g/mol. The van der Waals surface area contributed by atoms with Crippen LogP contribution >= 0.6 is 0 Å². The Bertz CT molecular complexity index is 559. The van der Waals surface area contributed by atoms with Gasteiger partial charge < -0.3 is 5.32 Å². The minimum atomic E-state index is -0.186. The van der Waals surface area contributed by atoms with E-state index < -0.39 is 0 Å². The summed E-state index contributed by atoms with van der Waals surface area (Å²) in [4.78, 5) is 16.0. The SMILES string of the molecule is Cc1ccnc(NC(=O)c2cn(C)nc2C)c1. The summed E-state index contributed by atoms with van der Waals surface area (Å²) in [6.07, 6.45) is 3.36. The zero-order valence-electron chi connectivity index (χ0n) is 10.1. The minimum Gasteiger partial charge on any atom is -0.306 e. The van der Waals surface area contributed by atoms with E-state index in [4.69, 9.17) is 0 Å². The Hall–Kier alpha value is -2.17. The topological polar surface area (TPSA) is 59.8 Å². The van der Waals surface area contributed by atoms with Crippen LogP contribution in [-0.4, -0.2) is 20.7 Å². The molecule has 0 fully saturated rings. The first-order chi connectivity index (χ1) is 8.06. The lowest BCUT2D eigenvalue weighted by atomic mass is 10.2. The van der Waals surface area contributed by atoms with Crippen LogP contribution in [0.5, 0.6) is 0 Å². The number of amides is 1. The fourth-order valence-electron chi connectivity index (χ4n) is 1.61. The van der Waals surface area contributed by atoms with Gasteiger partial charge in [0.05, 0.1) is 11.3 Å². The molecule has 0 aliphatic heterocycles. The lowest BCUT2D eigenvalue weighted by Gasteiger charge is -2.03. The molecule has 17 heavy (non-hydrogen) atoms. The predicted octanol–water partition coefficient (Wildman–Crippen LogP) is 1.68. The Morgan fingerprint density at radius 3 is 2.76 bits per heavy atom. The third-order valence-corrected chi connectivity index (χ3v) is 2.42. The van der Waals surface area contributed by atoms with Crippen molar-refractivity contribution in [3.05, 3.63) is 41.3 Å². The molecular formula is C12H14N4O. The summed E-state index contributed by atoms with van der Waals surface area (Å²) >= 11 is 0. The molecule has 0 spiro atoms.